The number of aromatic nitrogens is 2. The van der Waals surface area contributed by atoms with E-state index in [4.69, 9.17) is 4.74 Å². The minimum absolute atomic E-state index is 0.0766. The molecule has 0 aliphatic carbocycles. The van der Waals surface area contributed by atoms with Gasteiger partial charge in [-0.2, -0.15) is 0 Å². The average molecular weight is 344 g/mol. The molecule has 0 spiro atoms. The number of anilines is 1. The van der Waals surface area contributed by atoms with E-state index in [9.17, 15) is 14.0 Å². The highest BCUT2D eigenvalue weighted by atomic mass is 19.1. The molecule has 0 atom stereocenters. The number of rotatable bonds is 4. The molecule has 8 heteroatoms. The average Bonchev–Trinajstić information content (AvgIpc) is 2.63. The van der Waals surface area contributed by atoms with Crippen molar-refractivity contribution >= 4 is 17.8 Å². The Bertz CT molecular complexity index is 764. The highest BCUT2D eigenvalue weighted by Crippen LogP contribution is 2.17. The van der Waals surface area contributed by atoms with E-state index in [0.717, 1.165) is 12.4 Å². The number of nitrogens with zero attached hydrogens (tertiary/aromatic N) is 4. The van der Waals surface area contributed by atoms with Gasteiger partial charge >= 0.3 is 0 Å². The van der Waals surface area contributed by atoms with Crippen molar-refractivity contribution in [1.29, 1.82) is 0 Å². The molecule has 1 saturated heterocycles. The topological polar surface area (TPSA) is 75.6 Å². The van der Waals surface area contributed by atoms with Crippen molar-refractivity contribution in [3.63, 3.8) is 0 Å². The van der Waals surface area contributed by atoms with Gasteiger partial charge in [0.1, 0.15) is 12.3 Å². The minimum atomic E-state index is -0.569. The quantitative estimate of drug-likeness (QED) is 0.840. The van der Waals surface area contributed by atoms with E-state index in [-0.39, 0.29) is 30.9 Å². The molecule has 1 aliphatic rings. The van der Waals surface area contributed by atoms with Crippen LogP contribution in [0, 0.1) is 5.82 Å². The van der Waals surface area contributed by atoms with Crippen molar-refractivity contribution in [1.82, 2.24) is 14.9 Å². The third-order valence-corrected chi connectivity index (χ3v) is 3.77. The van der Waals surface area contributed by atoms with Crippen LogP contribution in [0.5, 0.6) is 5.75 Å². The van der Waals surface area contributed by atoms with Gasteiger partial charge in [-0.25, -0.2) is 14.4 Å². The molecule has 1 fully saturated rings. The van der Waals surface area contributed by atoms with Gasteiger partial charge in [0.15, 0.2) is 5.82 Å². The maximum Gasteiger partial charge on any atom is 0.254 e. The van der Waals surface area contributed by atoms with Crippen LogP contribution in [-0.2, 0) is 4.79 Å². The normalized spacial score (nSPS) is 14.6. The van der Waals surface area contributed by atoms with E-state index < -0.39 is 5.82 Å². The molecule has 2 aromatic rings. The Labute approximate surface area is 144 Å². The first kappa shape index (κ1) is 16.8. The summed E-state index contributed by atoms with van der Waals surface area (Å²) in [5, 5.41) is 0. The summed E-state index contributed by atoms with van der Waals surface area (Å²) < 4.78 is 18.2. The number of amides is 2. The van der Waals surface area contributed by atoms with Crippen LogP contribution in [0.3, 0.4) is 0 Å². The number of carbonyl (C=O) groups excluding carboxylic acids is 2. The Morgan fingerprint density at radius 3 is 2.48 bits per heavy atom. The lowest BCUT2D eigenvalue weighted by atomic mass is 10.1. The van der Waals surface area contributed by atoms with E-state index in [1.165, 1.54) is 9.80 Å². The fourth-order valence-corrected chi connectivity index (χ4v) is 2.55. The van der Waals surface area contributed by atoms with Crippen molar-refractivity contribution in [2.24, 2.45) is 0 Å². The van der Waals surface area contributed by atoms with Gasteiger partial charge in [0.25, 0.3) is 5.91 Å². The largest absolute Gasteiger partial charge is 0.494 e. The smallest absolute Gasteiger partial charge is 0.254 e. The summed E-state index contributed by atoms with van der Waals surface area (Å²) in [6.45, 7) is 2.96. The van der Waals surface area contributed by atoms with Crippen LogP contribution in [0.2, 0.25) is 0 Å². The molecule has 25 heavy (non-hydrogen) atoms. The standard InChI is InChI=1S/C17H17FN4O3/c1-2-25-14-5-3-12(4-6-14)16(24)21-7-8-22(15(23)11-21)17-19-9-13(18)10-20-17/h3-6,9-10H,2,7-8,11H2,1H3. The maximum absolute atomic E-state index is 12.9. The van der Waals surface area contributed by atoms with Crippen LogP contribution in [0.25, 0.3) is 0 Å². The molecule has 1 aliphatic heterocycles. The first-order chi connectivity index (χ1) is 12.1. The number of benzene rings is 1. The first-order valence-corrected chi connectivity index (χ1v) is 7.88. The van der Waals surface area contributed by atoms with Gasteiger partial charge in [0.05, 0.1) is 19.0 Å². The van der Waals surface area contributed by atoms with Gasteiger partial charge in [-0.3, -0.25) is 14.5 Å². The van der Waals surface area contributed by atoms with Gasteiger partial charge in [0, 0.05) is 18.7 Å². The Morgan fingerprint density at radius 1 is 1.20 bits per heavy atom. The maximum atomic E-state index is 12.9. The van der Waals surface area contributed by atoms with Gasteiger partial charge in [-0.05, 0) is 31.2 Å². The van der Waals surface area contributed by atoms with Crippen molar-refractivity contribution in [2.75, 3.05) is 31.1 Å². The number of carbonyl (C=O) groups is 2. The fraction of sp³-hybridized carbons (Fsp3) is 0.294. The summed E-state index contributed by atoms with van der Waals surface area (Å²) in [6.07, 6.45) is 2.01. The highest BCUT2D eigenvalue weighted by Gasteiger charge is 2.29. The van der Waals surface area contributed by atoms with Crippen LogP contribution in [-0.4, -0.2) is 52.9 Å². The van der Waals surface area contributed by atoms with Crippen LogP contribution in [0.4, 0.5) is 10.3 Å². The van der Waals surface area contributed by atoms with Gasteiger partial charge in [-0.15, -0.1) is 0 Å². The second-order valence-electron chi connectivity index (χ2n) is 5.43. The minimum Gasteiger partial charge on any atom is -0.494 e. The molecule has 0 radical (unpaired) electrons. The molecule has 0 saturated carbocycles. The monoisotopic (exact) mass is 344 g/mol. The molecule has 2 heterocycles. The number of hydrogen-bond acceptors (Lipinski definition) is 5. The van der Waals surface area contributed by atoms with Gasteiger partial charge in [-0.1, -0.05) is 0 Å². The van der Waals surface area contributed by atoms with Crippen molar-refractivity contribution < 1.29 is 18.7 Å². The zero-order valence-electron chi connectivity index (χ0n) is 13.7. The lowest BCUT2D eigenvalue weighted by Gasteiger charge is -2.33. The SMILES string of the molecule is CCOc1ccc(C(=O)N2CCN(c3ncc(F)cn3)C(=O)C2)cc1. The van der Waals surface area contributed by atoms with E-state index in [1.54, 1.807) is 24.3 Å². The van der Waals surface area contributed by atoms with E-state index in [2.05, 4.69) is 9.97 Å². The van der Waals surface area contributed by atoms with Crippen LogP contribution in [0.1, 0.15) is 17.3 Å². The predicted octanol–water partition coefficient (Wildman–Crippen LogP) is 1.50. The van der Waals surface area contributed by atoms with Crippen LogP contribution >= 0.6 is 0 Å². The number of hydrogen-bond donors (Lipinski definition) is 0. The molecule has 0 bridgehead atoms. The summed E-state index contributed by atoms with van der Waals surface area (Å²) in [7, 11) is 0. The molecule has 3 rings (SSSR count). The Kier molecular flexibility index (Phi) is 4.87. The van der Waals surface area contributed by atoms with Gasteiger partial charge < -0.3 is 9.64 Å². The Morgan fingerprint density at radius 2 is 1.88 bits per heavy atom. The molecular formula is C17H17FN4O3. The highest BCUT2D eigenvalue weighted by molar-refractivity contribution is 6.01. The zero-order chi connectivity index (χ0) is 17.8. The predicted molar refractivity (Wildman–Crippen MR) is 87.9 cm³/mol. The molecule has 0 unspecified atom stereocenters. The molecule has 130 valence electrons. The molecular weight excluding hydrogens is 327 g/mol. The van der Waals surface area contributed by atoms with Crippen molar-refractivity contribution in [2.45, 2.75) is 6.92 Å². The summed E-state index contributed by atoms with van der Waals surface area (Å²) in [6, 6.07) is 6.79. The number of halogens is 1. The Hall–Kier alpha value is -3.03. The fourth-order valence-electron chi connectivity index (χ4n) is 2.55. The summed E-state index contributed by atoms with van der Waals surface area (Å²) in [5.74, 6) is -0.276. The van der Waals surface area contributed by atoms with Gasteiger partial charge in [0.2, 0.25) is 11.9 Å². The summed E-state index contributed by atoms with van der Waals surface area (Å²) in [4.78, 5) is 35.3. The van der Waals surface area contributed by atoms with E-state index in [1.807, 2.05) is 6.92 Å². The lowest BCUT2D eigenvalue weighted by molar-refractivity contribution is -0.120. The first-order valence-electron chi connectivity index (χ1n) is 7.88. The zero-order valence-corrected chi connectivity index (χ0v) is 13.7. The number of ether oxygens (including phenoxy) is 1. The molecule has 0 N–H and O–H groups in total. The lowest BCUT2D eigenvalue weighted by Crippen LogP contribution is -2.52. The molecule has 2 amide bonds. The van der Waals surface area contributed by atoms with E-state index >= 15 is 0 Å². The third kappa shape index (κ3) is 3.73. The van der Waals surface area contributed by atoms with Crippen LogP contribution in [0.15, 0.2) is 36.7 Å². The second kappa shape index (κ2) is 7.25. The summed E-state index contributed by atoms with van der Waals surface area (Å²) >= 11 is 0. The molecule has 1 aromatic carbocycles. The third-order valence-electron chi connectivity index (χ3n) is 3.77. The second-order valence-corrected chi connectivity index (χ2v) is 5.43. The van der Waals surface area contributed by atoms with E-state index in [0.29, 0.717) is 24.5 Å². The van der Waals surface area contributed by atoms with Crippen molar-refractivity contribution in [3.8, 4) is 5.75 Å². The van der Waals surface area contributed by atoms with Crippen LogP contribution < -0.4 is 9.64 Å². The molecule has 7 nitrogen and oxygen atoms in total. The summed E-state index contributed by atoms with van der Waals surface area (Å²) in [5.41, 5.74) is 0.489. The number of piperazine rings is 1. The molecule has 1 aromatic heterocycles. The Balaban J connectivity index is 1.66. The van der Waals surface area contributed by atoms with Crippen molar-refractivity contribution in [3.05, 3.63) is 48.0 Å².